The standard InChI is InChI=1S/C11H12F3N/c1-7-2-3-8-6-9(11(12,13)14)4-5-10(8)15-7/h4-7,15H,2-3H2,1H3. The van der Waals surface area contributed by atoms with Gasteiger partial charge >= 0.3 is 6.18 Å². The molecule has 1 aliphatic rings. The lowest BCUT2D eigenvalue weighted by Crippen LogP contribution is -2.22. The van der Waals surface area contributed by atoms with Gasteiger partial charge in [-0.1, -0.05) is 0 Å². The normalized spacial score (nSPS) is 20.7. The lowest BCUT2D eigenvalue weighted by atomic mass is 9.97. The van der Waals surface area contributed by atoms with Crippen LogP contribution in [0.15, 0.2) is 18.2 Å². The second kappa shape index (κ2) is 3.43. The van der Waals surface area contributed by atoms with Crippen molar-refractivity contribution in [2.24, 2.45) is 0 Å². The van der Waals surface area contributed by atoms with Crippen molar-refractivity contribution in [1.29, 1.82) is 0 Å². The van der Waals surface area contributed by atoms with E-state index >= 15 is 0 Å². The van der Waals surface area contributed by atoms with Gasteiger partial charge in [-0.25, -0.2) is 0 Å². The molecule has 0 fully saturated rings. The predicted molar refractivity (Wildman–Crippen MR) is 52.8 cm³/mol. The summed E-state index contributed by atoms with van der Waals surface area (Å²) in [6.45, 7) is 2.03. The topological polar surface area (TPSA) is 12.0 Å². The third kappa shape index (κ3) is 2.08. The molecule has 1 atom stereocenters. The van der Waals surface area contributed by atoms with Crippen LogP contribution >= 0.6 is 0 Å². The van der Waals surface area contributed by atoms with E-state index in [1.807, 2.05) is 6.92 Å². The van der Waals surface area contributed by atoms with E-state index < -0.39 is 11.7 Å². The first-order valence-electron chi connectivity index (χ1n) is 4.93. The van der Waals surface area contributed by atoms with Gasteiger partial charge in [-0.05, 0) is 43.5 Å². The fraction of sp³-hybridized carbons (Fsp3) is 0.455. The molecule has 4 heteroatoms. The maximum absolute atomic E-state index is 12.4. The van der Waals surface area contributed by atoms with Crippen LogP contribution in [0, 0.1) is 0 Å². The minimum Gasteiger partial charge on any atom is -0.382 e. The van der Waals surface area contributed by atoms with Crippen LogP contribution in [0.25, 0.3) is 0 Å². The Labute approximate surface area is 86.3 Å². The van der Waals surface area contributed by atoms with Gasteiger partial charge in [0.1, 0.15) is 0 Å². The molecule has 15 heavy (non-hydrogen) atoms. The SMILES string of the molecule is CC1CCc2cc(C(F)(F)F)ccc2N1. The summed E-state index contributed by atoms with van der Waals surface area (Å²) >= 11 is 0. The molecule has 1 unspecified atom stereocenters. The number of alkyl halides is 3. The van der Waals surface area contributed by atoms with E-state index in [0.29, 0.717) is 12.5 Å². The molecule has 0 saturated carbocycles. The van der Waals surface area contributed by atoms with E-state index in [0.717, 1.165) is 23.7 Å². The molecule has 0 amide bonds. The lowest BCUT2D eigenvalue weighted by Gasteiger charge is -2.24. The van der Waals surface area contributed by atoms with Gasteiger partial charge in [-0.15, -0.1) is 0 Å². The average Bonchev–Trinajstić information content (AvgIpc) is 2.15. The number of benzene rings is 1. The molecular weight excluding hydrogens is 203 g/mol. The molecule has 0 aliphatic carbocycles. The Morgan fingerprint density at radius 3 is 2.73 bits per heavy atom. The smallest absolute Gasteiger partial charge is 0.382 e. The molecule has 0 saturated heterocycles. The molecule has 1 aliphatic heterocycles. The Hall–Kier alpha value is -1.19. The van der Waals surface area contributed by atoms with Crippen molar-refractivity contribution in [3.63, 3.8) is 0 Å². The number of fused-ring (bicyclic) bond motifs is 1. The van der Waals surface area contributed by atoms with E-state index in [-0.39, 0.29) is 0 Å². The van der Waals surface area contributed by atoms with Crippen molar-refractivity contribution in [2.75, 3.05) is 5.32 Å². The number of hydrogen-bond acceptors (Lipinski definition) is 1. The highest BCUT2D eigenvalue weighted by atomic mass is 19.4. The average molecular weight is 215 g/mol. The third-order valence-electron chi connectivity index (χ3n) is 2.68. The zero-order valence-corrected chi connectivity index (χ0v) is 8.36. The molecular formula is C11H12F3N. The fourth-order valence-corrected chi connectivity index (χ4v) is 1.83. The number of rotatable bonds is 0. The highest BCUT2D eigenvalue weighted by Gasteiger charge is 2.31. The van der Waals surface area contributed by atoms with E-state index in [2.05, 4.69) is 5.32 Å². The van der Waals surface area contributed by atoms with Gasteiger partial charge in [0.2, 0.25) is 0 Å². The van der Waals surface area contributed by atoms with Gasteiger partial charge in [0.05, 0.1) is 5.56 Å². The largest absolute Gasteiger partial charge is 0.416 e. The van der Waals surface area contributed by atoms with Crippen molar-refractivity contribution >= 4 is 5.69 Å². The molecule has 1 aromatic rings. The Balaban J connectivity index is 2.35. The fourth-order valence-electron chi connectivity index (χ4n) is 1.83. The van der Waals surface area contributed by atoms with E-state index in [1.54, 1.807) is 0 Å². The molecule has 0 spiro atoms. The number of nitrogens with one attached hydrogen (secondary N) is 1. The van der Waals surface area contributed by atoms with Crippen molar-refractivity contribution in [3.8, 4) is 0 Å². The second-order valence-electron chi connectivity index (χ2n) is 3.95. The van der Waals surface area contributed by atoms with E-state index in [1.165, 1.54) is 12.1 Å². The van der Waals surface area contributed by atoms with Gasteiger partial charge < -0.3 is 5.32 Å². The first-order chi connectivity index (χ1) is 6.97. The van der Waals surface area contributed by atoms with Crippen LogP contribution in [-0.4, -0.2) is 6.04 Å². The zero-order chi connectivity index (χ0) is 11.1. The number of aryl methyl sites for hydroxylation is 1. The Morgan fingerprint density at radius 1 is 1.33 bits per heavy atom. The minimum atomic E-state index is -4.24. The number of anilines is 1. The van der Waals surface area contributed by atoms with Gasteiger partial charge in [0.25, 0.3) is 0 Å². The molecule has 2 rings (SSSR count). The molecule has 0 bridgehead atoms. The molecule has 1 nitrogen and oxygen atoms in total. The summed E-state index contributed by atoms with van der Waals surface area (Å²) in [5.74, 6) is 0. The van der Waals surface area contributed by atoms with Crippen LogP contribution in [0.2, 0.25) is 0 Å². The quantitative estimate of drug-likeness (QED) is 0.698. The highest BCUT2D eigenvalue weighted by molar-refractivity contribution is 5.55. The van der Waals surface area contributed by atoms with Crippen molar-refractivity contribution in [2.45, 2.75) is 32.0 Å². The summed E-state index contributed by atoms with van der Waals surface area (Å²) < 4.78 is 37.2. The molecule has 82 valence electrons. The Morgan fingerprint density at radius 2 is 2.07 bits per heavy atom. The van der Waals surface area contributed by atoms with Crippen molar-refractivity contribution < 1.29 is 13.2 Å². The first-order valence-corrected chi connectivity index (χ1v) is 4.93. The van der Waals surface area contributed by atoms with Gasteiger partial charge in [0, 0.05) is 11.7 Å². The first kappa shape index (κ1) is 10.3. The maximum Gasteiger partial charge on any atom is 0.416 e. The Bertz CT molecular complexity index is 371. The van der Waals surface area contributed by atoms with Crippen LogP contribution in [-0.2, 0) is 12.6 Å². The summed E-state index contributed by atoms with van der Waals surface area (Å²) in [6, 6.07) is 4.24. The molecule has 0 radical (unpaired) electrons. The Kier molecular flexibility index (Phi) is 2.37. The van der Waals surface area contributed by atoms with Crippen LogP contribution in [0.4, 0.5) is 18.9 Å². The van der Waals surface area contributed by atoms with E-state index in [4.69, 9.17) is 0 Å². The third-order valence-corrected chi connectivity index (χ3v) is 2.68. The van der Waals surface area contributed by atoms with Gasteiger partial charge in [-0.3, -0.25) is 0 Å². The monoisotopic (exact) mass is 215 g/mol. The molecule has 1 heterocycles. The van der Waals surface area contributed by atoms with Crippen LogP contribution in [0.3, 0.4) is 0 Å². The summed E-state index contributed by atoms with van der Waals surface area (Å²) in [4.78, 5) is 0. The van der Waals surface area contributed by atoms with Crippen LogP contribution in [0.5, 0.6) is 0 Å². The van der Waals surface area contributed by atoms with Crippen LogP contribution < -0.4 is 5.32 Å². The zero-order valence-electron chi connectivity index (χ0n) is 8.36. The molecule has 1 N–H and O–H groups in total. The van der Waals surface area contributed by atoms with Gasteiger partial charge in [-0.2, -0.15) is 13.2 Å². The van der Waals surface area contributed by atoms with Gasteiger partial charge in [0.15, 0.2) is 0 Å². The summed E-state index contributed by atoms with van der Waals surface area (Å²) in [5.41, 5.74) is 1.04. The lowest BCUT2D eigenvalue weighted by molar-refractivity contribution is -0.137. The molecule has 0 aromatic heterocycles. The summed E-state index contributed by atoms with van der Waals surface area (Å²) in [7, 11) is 0. The van der Waals surface area contributed by atoms with E-state index in [9.17, 15) is 13.2 Å². The van der Waals surface area contributed by atoms with Crippen molar-refractivity contribution in [3.05, 3.63) is 29.3 Å². The summed E-state index contributed by atoms with van der Waals surface area (Å²) in [5, 5.41) is 3.17. The second-order valence-corrected chi connectivity index (χ2v) is 3.95. The summed E-state index contributed by atoms with van der Waals surface area (Å²) in [6.07, 6.45) is -2.64. The highest BCUT2D eigenvalue weighted by Crippen LogP contribution is 2.33. The minimum absolute atomic E-state index is 0.342. The predicted octanol–water partition coefficient (Wildman–Crippen LogP) is 3.45. The number of hydrogen-bond donors (Lipinski definition) is 1. The number of halogens is 3. The maximum atomic E-state index is 12.4. The van der Waals surface area contributed by atoms with Crippen molar-refractivity contribution in [1.82, 2.24) is 0 Å². The van der Waals surface area contributed by atoms with Crippen LogP contribution in [0.1, 0.15) is 24.5 Å². The molecule has 1 aromatic carbocycles.